The van der Waals surface area contributed by atoms with E-state index in [0.717, 1.165) is 35.6 Å². The van der Waals surface area contributed by atoms with Crippen molar-refractivity contribution in [2.24, 2.45) is 4.99 Å². The van der Waals surface area contributed by atoms with Gasteiger partial charge in [0.1, 0.15) is 10.6 Å². The van der Waals surface area contributed by atoms with Crippen molar-refractivity contribution < 1.29 is 9.84 Å². The molecule has 0 atom stereocenters. The Bertz CT molecular complexity index is 686. The van der Waals surface area contributed by atoms with Crippen molar-refractivity contribution in [2.45, 2.75) is 33.2 Å². The monoisotopic (exact) mass is 320 g/mol. The molecule has 1 aromatic heterocycles. The van der Waals surface area contributed by atoms with Crippen LogP contribution in [-0.4, -0.2) is 22.5 Å². The lowest BCUT2D eigenvalue weighted by molar-refractivity contribution is 0.340. The summed E-state index contributed by atoms with van der Waals surface area (Å²) in [7, 11) is 0. The number of aliphatic imine (C=N–C) groups is 1. The van der Waals surface area contributed by atoms with Gasteiger partial charge in [-0.05, 0) is 37.6 Å². The fourth-order valence-electron chi connectivity index (χ4n) is 1.94. The molecule has 0 fully saturated rings. The molecule has 2 aromatic rings. The average Bonchev–Trinajstić information content (AvgIpc) is 2.79. The molecule has 0 radical (unpaired) electrons. The summed E-state index contributed by atoms with van der Waals surface area (Å²) >= 11 is 1.01. The number of rotatable bonds is 7. The summed E-state index contributed by atoms with van der Waals surface area (Å²) in [6, 6.07) is 7.33. The second-order valence-electron chi connectivity index (χ2n) is 4.75. The SMILES string of the molecule is CCCCn1c(O)c(C=Nc2ccc(OCC)cc2)sc1=O. The maximum Gasteiger partial charge on any atom is 0.310 e. The molecule has 6 heteroatoms. The summed E-state index contributed by atoms with van der Waals surface area (Å²) in [5, 5.41) is 10.1. The van der Waals surface area contributed by atoms with E-state index in [9.17, 15) is 9.90 Å². The Morgan fingerprint density at radius 3 is 2.68 bits per heavy atom. The number of aromatic hydroxyl groups is 1. The summed E-state index contributed by atoms with van der Waals surface area (Å²) in [4.78, 5) is 16.5. The predicted octanol–water partition coefficient (Wildman–Crippen LogP) is 3.56. The first-order chi connectivity index (χ1) is 10.7. The van der Waals surface area contributed by atoms with Crippen molar-refractivity contribution >= 4 is 23.2 Å². The lowest BCUT2D eigenvalue weighted by Crippen LogP contribution is -2.12. The molecule has 1 N–H and O–H groups in total. The van der Waals surface area contributed by atoms with E-state index in [1.807, 2.05) is 38.1 Å². The zero-order chi connectivity index (χ0) is 15.9. The first-order valence-electron chi connectivity index (χ1n) is 7.35. The van der Waals surface area contributed by atoms with Gasteiger partial charge >= 0.3 is 4.87 Å². The summed E-state index contributed by atoms with van der Waals surface area (Å²) in [5.74, 6) is 0.790. The van der Waals surface area contributed by atoms with E-state index in [1.165, 1.54) is 10.8 Å². The van der Waals surface area contributed by atoms with E-state index >= 15 is 0 Å². The summed E-state index contributed by atoms with van der Waals surface area (Å²) in [6.07, 6.45) is 3.36. The Hall–Kier alpha value is -2.08. The van der Waals surface area contributed by atoms with Gasteiger partial charge in [-0.1, -0.05) is 24.7 Å². The lowest BCUT2D eigenvalue weighted by atomic mass is 10.3. The van der Waals surface area contributed by atoms with Crippen molar-refractivity contribution in [1.82, 2.24) is 4.57 Å². The molecule has 0 amide bonds. The third kappa shape index (κ3) is 3.98. The highest BCUT2D eigenvalue weighted by atomic mass is 32.1. The fourth-order valence-corrected chi connectivity index (χ4v) is 2.72. The maximum atomic E-state index is 11.8. The van der Waals surface area contributed by atoms with Crippen LogP contribution >= 0.6 is 11.3 Å². The molecule has 0 aliphatic heterocycles. The molecule has 0 bridgehead atoms. The molecule has 22 heavy (non-hydrogen) atoms. The molecule has 5 nitrogen and oxygen atoms in total. The number of benzene rings is 1. The Balaban J connectivity index is 2.14. The van der Waals surface area contributed by atoms with Gasteiger partial charge in [0, 0.05) is 6.54 Å². The molecule has 0 aliphatic carbocycles. The largest absolute Gasteiger partial charge is 0.494 e. The Kier molecular flexibility index (Phi) is 5.77. The zero-order valence-corrected chi connectivity index (χ0v) is 13.6. The van der Waals surface area contributed by atoms with E-state index in [-0.39, 0.29) is 10.8 Å². The van der Waals surface area contributed by atoms with E-state index < -0.39 is 0 Å². The van der Waals surface area contributed by atoms with Crippen molar-refractivity contribution in [3.8, 4) is 11.6 Å². The van der Waals surface area contributed by atoms with Crippen LogP contribution in [0.1, 0.15) is 31.6 Å². The molecular weight excluding hydrogens is 300 g/mol. The number of hydrogen-bond donors (Lipinski definition) is 1. The van der Waals surface area contributed by atoms with Crippen molar-refractivity contribution in [2.75, 3.05) is 6.61 Å². The quantitative estimate of drug-likeness (QED) is 0.793. The van der Waals surface area contributed by atoms with Gasteiger partial charge in [0.15, 0.2) is 0 Å². The minimum absolute atomic E-state index is 0.00173. The number of aromatic nitrogens is 1. The van der Waals surface area contributed by atoms with Crippen LogP contribution in [0.4, 0.5) is 5.69 Å². The Labute approximate surface area is 133 Å². The Morgan fingerprint density at radius 1 is 1.32 bits per heavy atom. The van der Waals surface area contributed by atoms with Crippen LogP contribution < -0.4 is 9.61 Å². The fraction of sp³-hybridized carbons (Fsp3) is 0.375. The molecule has 0 spiro atoms. The van der Waals surface area contributed by atoms with Gasteiger partial charge < -0.3 is 9.84 Å². The third-order valence-electron chi connectivity index (χ3n) is 3.11. The predicted molar refractivity (Wildman–Crippen MR) is 90.0 cm³/mol. The molecule has 0 saturated carbocycles. The molecule has 118 valence electrons. The van der Waals surface area contributed by atoms with Gasteiger partial charge in [-0.2, -0.15) is 0 Å². The standard InChI is InChI=1S/C16H20N2O3S/c1-3-5-10-18-15(19)14(22-16(18)20)11-17-12-6-8-13(9-7-12)21-4-2/h6-9,11,19H,3-5,10H2,1-2H3. The topological polar surface area (TPSA) is 63.8 Å². The van der Waals surface area contributed by atoms with Crippen LogP contribution in [0.2, 0.25) is 0 Å². The molecule has 0 unspecified atom stereocenters. The van der Waals surface area contributed by atoms with Crippen molar-refractivity contribution in [1.29, 1.82) is 0 Å². The lowest BCUT2D eigenvalue weighted by Gasteiger charge is -2.02. The van der Waals surface area contributed by atoms with Gasteiger partial charge in [-0.3, -0.25) is 14.4 Å². The molecule has 0 saturated heterocycles. The van der Waals surface area contributed by atoms with Crippen LogP contribution in [-0.2, 0) is 6.54 Å². The number of nitrogens with zero attached hydrogens (tertiary/aromatic N) is 2. The smallest absolute Gasteiger partial charge is 0.310 e. The van der Waals surface area contributed by atoms with E-state index in [4.69, 9.17) is 4.74 Å². The number of hydrogen-bond acceptors (Lipinski definition) is 5. The van der Waals surface area contributed by atoms with Crippen LogP contribution in [0.3, 0.4) is 0 Å². The first-order valence-corrected chi connectivity index (χ1v) is 8.16. The van der Waals surface area contributed by atoms with Crippen LogP contribution in [0.5, 0.6) is 11.6 Å². The van der Waals surface area contributed by atoms with E-state index in [2.05, 4.69) is 4.99 Å². The zero-order valence-electron chi connectivity index (χ0n) is 12.8. The molecule has 0 aliphatic rings. The molecule has 1 heterocycles. The van der Waals surface area contributed by atoms with Crippen LogP contribution in [0, 0.1) is 0 Å². The van der Waals surface area contributed by atoms with E-state index in [1.54, 1.807) is 0 Å². The molecular formula is C16H20N2O3S. The van der Waals surface area contributed by atoms with Crippen LogP contribution in [0.25, 0.3) is 0 Å². The maximum absolute atomic E-state index is 11.8. The minimum Gasteiger partial charge on any atom is -0.494 e. The summed E-state index contributed by atoms with van der Waals surface area (Å²) < 4.78 is 6.76. The number of ether oxygens (including phenoxy) is 1. The third-order valence-corrected chi connectivity index (χ3v) is 4.01. The van der Waals surface area contributed by atoms with Gasteiger partial charge in [-0.25, -0.2) is 0 Å². The normalized spacial score (nSPS) is 11.2. The highest BCUT2D eigenvalue weighted by molar-refractivity contribution is 7.11. The van der Waals surface area contributed by atoms with Crippen molar-refractivity contribution in [3.63, 3.8) is 0 Å². The summed E-state index contributed by atoms with van der Waals surface area (Å²) in [6.45, 7) is 5.13. The molecule has 2 rings (SSSR count). The molecule has 1 aromatic carbocycles. The summed E-state index contributed by atoms with van der Waals surface area (Å²) in [5.41, 5.74) is 0.740. The average molecular weight is 320 g/mol. The highest BCUT2D eigenvalue weighted by Gasteiger charge is 2.11. The van der Waals surface area contributed by atoms with Gasteiger partial charge in [-0.15, -0.1) is 0 Å². The first kappa shape index (κ1) is 16.3. The van der Waals surface area contributed by atoms with Gasteiger partial charge in [0.05, 0.1) is 18.5 Å². The number of unbranched alkanes of at least 4 members (excludes halogenated alkanes) is 1. The van der Waals surface area contributed by atoms with E-state index in [0.29, 0.717) is 18.0 Å². The van der Waals surface area contributed by atoms with Gasteiger partial charge in [0.25, 0.3) is 0 Å². The van der Waals surface area contributed by atoms with Crippen molar-refractivity contribution in [3.05, 3.63) is 38.8 Å². The minimum atomic E-state index is -0.154. The van der Waals surface area contributed by atoms with Gasteiger partial charge in [0.2, 0.25) is 5.88 Å². The number of thiazole rings is 1. The second kappa shape index (κ2) is 7.79. The highest BCUT2D eigenvalue weighted by Crippen LogP contribution is 2.21. The van der Waals surface area contributed by atoms with Crippen LogP contribution in [0.15, 0.2) is 34.1 Å². The second-order valence-corrected chi connectivity index (χ2v) is 5.74. The Morgan fingerprint density at radius 2 is 2.05 bits per heavy atom.